The normalized spacial score (nSPS) is 14.7. The molecule has 0 radical (unpaired) electrons. The number of hydrogen-bond acceptors (Lipinski definition) is 2. The van der Waals surface area contributed by atoms with Gasteiger partial charge < -0.3 is 9.64 Å². The van der Waals surface area contributed by atoms with Crippen LogP contribution in [0.15, 0.2) is 66.7 Å². The van der Waals surface area contributed by atoms with Crippen LogP contribution in [0.2, 0.25) is 0 Å². The topological polar surface area (TPSA) is 29.5 Å². The molecule has 0 N–H and O–H groups in total. The number of carbonyl (C=O) groups excluding carboxylic acids is 1. The van der Waals surface area contributed by atoms with E-state index in [1.165, 1.54) is 11.1 Å². The van der Waals surface area contributed by atoms with Crippen LogP contribution in [0.1, 0.15) is 24.5 Å². The molecule has 3 aromatic carbocycles. The van der Waals surface area contributed by atoms with Gasteiger partial charge in [0.05, 0.1) is 0 Å². The van der Waals surface area contributed by atoms with E-state index in [1.54, 1.807) is 0 Å². The Morgan fingerprint density at radius 1 is 1.00 bits per heavy atom. The monoisotopic (exact) mass is 345 g/mol. The number of rotatable bonds is 4. The molecule has 3 nitrogen and oxygen atoms in total. The van der Waals surface area contributed by atoms with Gasteiger partial charge in [-0.15, -0.1) is 0 Å². The lowest BCUT2D eigenvalue weighted by Crippen LogP contribution is -2.44. The first-order valence-corrected chi connectivity index (χ1v) is 9.26. The predicted octanol–water partition coefficient (Wildman–Crippen LogP) is 4.58. The van der Waals surface area contributed by atoms with Crippen LogP contribution >= 0.6 is 0 Å². The maximum atomic E-state index is 13.1. The molecule has 0 saturated carbocycles. The van der Waals surface area contributed by atoms with Crippen molar-refractivity contribution in [1.29, 1.82) is 0 Å². The fraction of sp³-hybridized carbons (Fsp3) is 0.261. The Morgan fingerprint density at radius 3 is 2.58 bits per heavy atom. The van der Waals surface area contributed by atoms with E-state index < -0.39 is 6.10 Å². The van der Waals surface area contributed by atoms with Crippen molar-refractivity contribution in [3.63, 3.8) is 0 Å². The average Bonchev–Trinajstić information content (AvgIpc) is 2.71. The number of carbonyl (C=O) groups is 1. The molecule has 0 spiro atoms. The van der Waals surface area contributed by atoms with Crippen molar-refractivity contribution in [3.05, 3.63) is 77.9 Å². The highest BCUT2D eigenvalue weighted by atomic mass is 16.5. The number of benzene rings is 3. The van der Waals surface area contributed by atoms with E-state index in [1.807, 2.05) is 48.2 Å². The van der Waals surface area contributed by atoms with Crippen LogP contribution < -0.4 is 4.74 Å². The summed E-state index contributed by atoms with van der Waals surface area (Å²) in [6.07, 6.45) is 1.11. The Morgan fingerprint density at radius 2 is 1.73 bits per heavy atom. The summed E-state index contributed by atoms with van der Waals surface area (Å²) >= 11 is 0. The Labute approximate surface area is 154 Å². The molecule has 4 rings (SSSR count). The summed E-state index contributed by atoms with van der Waals surface area (Å²) in [4.78, 5) is 15.0. The number of amides is 1. The average molecular weight is 345 g/mol. The maximum absolute atomic E-state index is 13.1. The first kappa shape index (κ1) is 16.6. The molecule has 3 heteroatoms. The van der Waals surface area contributed by atoms with Gasteiger partial charge in [0.15, 0.2) is 6.10 Å². The third kappa shape index (κ3) is 3.17. The lowest BCUT2D eigenvalue weighted by Gasteiger charge is -2.31. The molecule has 1 amide bonds. The molecule has 0 aromatic heterocycles. The minimum atomic E-state index is -0.453. The highest BCUT2D eigenvalue weighted by Gasteiger charge is 2.27. The zero-order valence-electron chi connectivity index (χ0n) is 15.0. The summed E-state index contributed by atoms with van der Waals surface area (Å²) in [5, 5.41) is 2.17. The van der Waals surface area contributed by atoms with Gasteiger partial charge in [-0.2, -0.15) is 0 Å². The summed E-state index contributed by atoms with van der Waals surface area (Å²) in [6.45, 7) is 3.43. The van der Waals surface area contributed by atoms with Crippen molar-refractivity contribution in [1.82, 2.24) is 4.90 Å². The van der Waals surface area contributed by atoms with Gasteiger partial charge in [-0.1, -0.05) is 67.6 Å². The maximum Gasteiger partial charge on any atom is 0.263 e. The van der Waals surface area contributed by atoms with E-state index in [0.29, 0.717) is 13.0 Å². The van der Waals surface area contributed by atoms with E-state index >= 15 is 0 Å². The molecule has 0 unspecified atom stereocenters. The molecule has 0 bridgehead atoms. The number of nitrogens with zero attached hydrogens (tertiary/aromatic N) is 1. The summed E-state index contributed by atoms with van der Waals surface area (Å²) in [6, 6.07) is 22.5. The van der Waals surface area contributed by atoms with Crippen molar-refractivity contribution in [2.45, 2.75) is 32.4 Å². The Kier molecular flexibility index (Phi) is 4.61. The fourth-order valence-electron chi connectivity index (χ4n) is 3.65. The van der Waals surface area contributed by atoms with Crippen molar-refractivity contribution in [2.24, 2.45) is 0 Å². The lowest BCUT2D eigenvalue weighted by atomic mass is 9.99. The van der Waals surface area contributed by atoms with Gasteiger partial charge in [-0.3, -0.25) is 4.79 Å². The minimum Gasteiger partial charge on any atom is -0.480 e. The summed E-state index contributed by atoms with van der Waals surface area (Å²) in [7, 11) is 0. The second-order valence-corrected chi connectivity index (χ2v) is 6.77. The minimum absolute atomic E-state index is 0.0786. The number of hydrogen-bond donors (Lipinski definition) is 0. The van der Waals surface area contributed by atoms with Crippen LogP contribution in [-0.2, 0) is 17.8 Å². The van der Waals surface area contributed by atoms with Gasteiger partial charge in [-0.05, 0) is 35.4 Å². The number of ether oxygens (including phenoxy) is 1. The van der Waals surface area contributed by atoms with E-state index in [-0.39, 0.29) is 5.91 Å². The third-order valence-electron chi connectivity index (χ3n) is 5.11. The lowest BCUT2D eigenvalue weighted by molar-refractivity contribution is -0.139. The van der Waals surface area contributed by atoms with E-state index in [4.69, 9.17) is 4.74 Å². The molecular weight excluding hydrogens is 322 g/mol. The molecule has 0 aliphatic carbocycles. The van der Waals surface area contributed by atoms with Crippen molar-refractivity contribution in [2.75, 3.05) is 6.54 Å². The Hall–Kier alpha value is -2.81. The first-order valence-electron chi connectivity index (χ1n) is 9.26. The smallest absolute Gasteiger partial charge is 0.263 e. The van der Waals surface area contributed by atoms with E-state index in [9.17, 15) is 4.79 Å². The highest BCUT2D eigenvalue weighted by Crippen LogP contribution is 2.27. The van der Waals surface area contributed by atoms with Crippen LogP contribution in [0.5, 0.6) is 5.75 Å². The van der Waals surface area contributed by atoms with Crippen molar-refractivity contribution >= 4 is 16.7 Å². The molecule has 3 aromatic rings. The predicted molar refractivity (Wildman–Crippen MR) is 104 cm³/mol. The van der Waals surface area contributed by atoms with Gasteiger partial charge in [0.2, 0.25) is 0 Å². The van der Waals surface area contributed by atoms with Gasteiger partial charge in [-0.25, -0.2) is 0 Å². The standard InChI is InChI=1S/C23H23NO2/c1-2-21(26-22-13-7-11-18-9-5-6-12-20(18)22)23(25)24-15-14-17-8-3-4-10-19(17)16-24/h3-13,21H,2,14-16H2,1H3/t21-/m1/s1. The quantitative estimate of drug-likeness (QED) is 0.692. The van der Waals surface area contributed by atoms with Gasteiger partial charge in [0.1, 0.15) is 5.75 Å². The SMILES string of the molecule is CC[C@@H](Oc1cccc2ccccc12)C(=O)N1CCc2ccccc2C1. The molecule has 1 heterocycles. The second kappa shape index (κ2) is 7.20. The second-order valence-electron chi connectivity index (χ2n) is 6.77. The van der Waals surface area contributed by atoms with Crippen LogP contribution in [-0.4, -0.2) is 23.5 Å². The third-order valence-corrected chi connectivity index (χ3v) is 5.11. The molecule has 26 heavy (non-hydrogen) atoms. The fourth-order valence-corrected chi connectivity index (χ4v) is 3.65. The zero-order valence-corrected chi connectivity index (χ0v) is 15.0. The van der Waals surface area contributed by atoms with Crippen LogP contribution in [0, 0.1) is 0 Å². The molecule has 132 valence electrons. The summed E-state index contributed by atoms with van der Waals surface area (Å²) < 4.78 is 6.19. The largest absolute Gasteiger partial charge is 0.480 e. The van der Waals surface area contributed by atoms with E-state index in [2.05, 4.69) is 30.3 Å². The van der Waals surface area contributed by atoms with Gasteiger partial charge in [0, 0.05) is 18.5 Å². The Balaban J connectivity index is 1.55. The molecule has 1 atom stereocenters. The molecule has 1 aliphatic rings. The van der Waals surface area contributed by atoms with Crippen molar-refractivity contribution < 1.29 is 9.53 Å². The van der Waals surface area contributed by atoms with Gasteiger partial charge >= 0.3 is 0 Å². The molecular formula is C23H23NO2. The summed E-state index contributed by atoms with van der Waals surface area (Å²) in [5.74, 6) is 0.857. The highest BCUT2D eigenvalue weighted by molar-refractivity contribution is 5.89. The summed E-state index contributed by atoms with van der Waals surface area (Å²) in [5.41, 5.74) is 2.59. The Bertz CT molecular complexity index is 929. The van der Waals surface area contributed by atoms with E-state index in [0.717, 1.165) is 29.5 Å². The van der Waals surface area contributed by atoms with Crippen LogP contribution in [0.4, 0.5) is 0 Å². The first-order chi connectivity index (χ1) is 12.8. The molecule has 0 fully saturated rings. The molecule has 0 saturated heterocycles. The van der Waals surface area contributed by atoms with Crippen LogP contribution in [0.25, 0.3) is 10.8 Å². The number of fused-ring (bicyclic) bond motifs is 2. The van der Waals surface area contributed by atoms with Gasteiger partial charge in [0.25, 0.3) is 5.91 Å². The zero-order chi connectivity index (χ0) is 17.9. The molecule has 1 aliphatic heterocycles. The van der Waals surface area contributed by atoms with Crippen molar-refractivity contribution in [3.8, 4) is 5.75 Å². The van der Waals surface area contributed by atoms with Crippen LogP contribution in [0.3, 0.4) is 0 Å².